The lowest BCUT2D eigenvalue weighted by atomic mass is 9.74. The van der Waals surface area contributed by atoms with Gasteiger partial charge in [-0.1, -0.05) is 40.2 Å². The van der Waals surface area contributed by atoms with Gasteiger partial charge in [0.2, 0.25) is 0 Å². The fourth-order valence-electron chi connectivity index (χ4n) is 4.43. The summed E-state index contributed by atoms with van der Waals surface area (Å²) in [5.41, 5.74) is 2.28. The molecule has 3 nitrogen and oxygen atoms in total. The molecule has 176 valence electrons. The van der Waals surface area contributed by atoms with E-state index in [2.05, 4.69) is 33.4 Å². The van der Waals surface area contributed by atoms with Crippen molar-refractivity contribution in [1.82, 2.24) is 5.32 Å². The molecule has 0 unspecified atom stereocenters. The lowest BCUT2D eigenvalue weighted by molar-refractivity contribution is -0.137. The smallest absolute Gasteiger partial charge is 0.376 e. The Kier molecular flexibility index (Phi) is 7.42. The minimum Gasteiger partial charge on any atom is -0.376 e. The Morgan fingerprint density at radius 2 is 1.62 bits per heavy atom. The lowest BCUT2D eigenvalue weighted by Gasteiger charge is -2.38. The third kappa shape index (κ3) is 5.69. The molecule has 1 N–H and O–H groups in total. The number of nitrogens with one attached hydrogen (secondary N) is 1. The molecule has 1 aliphatic heterocycles. The summed E-state index contributed by atoms with van der Waals surface area (Å²) < 4.78 is 47.9. The number of hydrogen-bond acceptors (Lipinski definition) is 3. The van der Waals surface area contributed by atoms with E-state index in [1.807, 2.05) is 18.2 Å². The molecule has 3 aromatic carbocycles. The minimum absolute atomic E-state index is 0.0822. The van der Waals surface area contributed by atoms with Gasteiger partial charge in [-0.05, 0) is 90.6 Å². The molecule has 3 aromatic rings. The van der Waals surface area contributed by atoms with E-state index in [0.29, 0.717) is 28.9 Å². The first-order chi connectivity index (χ1) is 16.3. The molecule has 0 amide bonds. The van der Waals surface area contributed by atoms with Crippen molar-refractivity contribution in [1.29, 1.82) is 5.26 Å². The lowest BCUT2D eigenvalue weighted by Crippen LogP contribution is -2.43. The van der Waals surface area contributed by atoms with Crippen LogP contribution in [-0.2, 0) is 22.9 Å². The molecule has 0 aromatic heterocycles. The third-order valence-corrected chi connectivity index (χ3v) is 6.86. The van der Waals surface area contributed by atoms with Gasteiger partial charge in [0.15, 0.2) is 0 Å². The number of alkyl halides is 3. The van der Waals surface area contributed by atoms with E-state index in [1.54, 1.807) is 30.3 Å². The maximum Gasteiger partial charge on any atom is 0.416 e. The number of piperidine rings is 1. The summed E-state index contributed by atoms with van der Waals surface area (Å²) in [4.78, 5) is 0. The van der Waals surface area contributed by atoms with E-state index in [4.69, 9.17) is 10.00 Å². The standard InChI is InChI=1S/C27H24BrF3N2O/c28-25-7-5-23(6-8-25)26(9-11-33-12-10-26)18-34-17-20-13-22(15-24(14-20)27(29,30)31)21-3-1-19(16-32)2-4-21/h1-8,13-15,33H,9-12,17-18H2. The van der Waals surface area contributed by atoms with Crippen molar-refractivity contribution >= 4 is 15.9 Å². The Morgan fingerprint density at radius 1 is 0.941 bits per heavy atom. The van der Waals surface area contributed by atoms with Crippen molar-refractivity contribution in [3.8, 4) is 17.2 Å². The highest BCUT2D eigenvalue weighted by Crippen LogP contribution is 2.36. The first-order valence-electron chi connectivity index (χ1n) is 11.1. The topological polar surface area (TPSA) is 45.0 Å². The first-order valence-corrected chi connectivity index (χ1v) is 11.8. The van der Waals surface area contributed by atoms with Gasteiger partial charge in [0.05, 0.1) is 30.4 Å². The summed E-state index contributed by atoms with van der Waals surface area (Å²) in [6, 6.07) is 20.8. The highest BCUT2D eigenvalue weighted by atomic mass is 79.9. The molecule has 0 spiro atoms. The summed E-state index contributed by atoms with van der Waals surface area (Å²) in [5, 5.41) is 12.4. The van der Waals surface area contributed by atoms with Gasteiger partial charge >= 0.3 is 6.18 Å². The van der Waals surface area contributed by atoms with Crippen LogP contribution in [-0.4, -0.2) is 19.7 Å². The number of hydrogen-bond donors (Lipinski definition) is 1. The molecule has 34 heavy (non-hydrogen) atoms. The Morgan fingerprint density at radius 3 is 2.24 bits per heavy atom. The molecule has 7 heteroatoms. The molecule has 0 atom stereocenters. The number of nitrogens with zero attached hydrogens (tertiary/aromatic N) is 1. The highest BCUT2D eigenvalue weighted by Gasteiger charge is 2.35. The van der Waals surface area contributed by atoms with E-state index in [9.17, 15) is 13.2 Å². The van der Waals surface area contributed by atoms with Gasteiger partial charge in [-0.25, -0.2) is 0 Å². The normalized spacial score (nSPS) is 15.6. The number of rotatable bonds is 6. The molecular weight excluding hydrogens is 505 g/mol. The van der Waals surface area contributed by atoms with Crippen LogP contribution in [0.15, 0.2) is 71.2 Å². The zero-order chi connectivity index (χ0) is 24.2. The number of ether oxygens (including phenoxy) is 1. The van der Waals surface area contributed by atoms with Crippen molar-refractivity contribution in [3.05, 3.63) is 93.5 Å². The van der Waals surface area contributed by atoms with Crippen LogP contribution >= 0.6 is 15.9 Å². The number of halogens is 4. The quantitative estimate of drug-likeness (QED) is 0.380. The largest absolute Gasteiger partial charge is 0.416 e. The summed E-state index contributed by atoms with van der Waals surface area (Å²) >= 11 is 3.48. The van der Waals surface area contributed by atoms with Crippen LogP contribution in [0.1, 0.15) is 35.1 Å². The highest BCUT2D eigenvalue weighted by molar-refractivity contribution is 9.10. The summed E-state index contributed by atoms with van der Waals surface area (Å²) in [7, 11) is 0. The van der Waals surface area contributed by atoms with Crippen LogP contribution in [0.25, 0.3) is 11.1 Å². The van der Waals surface area contributed by atoms with Gasteiger partial charge in [0, 0.05) is 9.89 Å². The van der Waals surface area contributed by atoms with Crippen molar-refractivity contribution < 1.29 is 17.9 Å². The molecule has 4 rings (SSSR count). The zero-order valence-corrected chi connectivity index (χ0v) is 20.0. The Balaban J connectivity index is 1.57. The van der Waals surface area contributed by atoms with Crippen LogP contribution in [0.4, 0.5) is 13.2 Å². The maximum absolute atomic E-state index is 13.6. The molecule has 1 saturated heterocycles. The van der Waals surface area contributed by atoms with Crippen LogP contribution < -0.4 is 5.32 Å². The van der Waals surface area contributed by atoms with Gasteiger partial charge in [-0.15, -0.1) is 0 Å². The van der Waals surface area contributed by atoms with Crippen molar-refractivity contribution in [2.24, 2.45) is 0 Å². The molecule has 0 aliphatic carbocycles. The molecule has 0 saturated carbocycles. The van der Waals surface area contributed by atoms with Gasteiger partial charge in [0.25, 0.3) is 0 Å². The maximum atomic E-state index is 13.6. The number of benzene rings is 3. The van der Waals surface area contributed by atoms with Gasteiger partial charge in [-0.2, -0.15) is 18.4 Å². The van der Waals surface area contributed by atoms with Crippen LogP contribution in [0.2, 0.25) is 0 Å². The summed E-state index contributed by atoms with van der Waals surface area (Å²) in [5.74, 6) is 0. The Labute approximate surface area is 205 Å². The third-order valence-electron chi connectivity index (χ3n) is 6.33. The Bertz CT molecular complexity index is 1160. The fraction of sp³-hybridized carbons (Fsp3) is 0.296. The van der Waals surface area contributed by atoms with E-state index >= 15 is 0 Å². The monoisotopic (exact) mass is 528 g/mol. The second kappa shape index (κ2) is 10.3. The van der Waals surface area contributed by atoms with Crippen LogP contribution in [0, 0.1) is 11.3 Å². The minimum atomic E-state index is -4.47. The first kappa shape index (κ1) is 24.5. The predicted octanol–water partition coefficient (Wildman–Crippen LogP) is 6.84. The Hall–Kier alpha value is -2.66. The second-order valence-electron chi connectivity index (χ2n) is 8.64. The van der Waals surface area contributed by atoms with E-state index < -0.39 is 11.7 Å². The van der Waals surface area contributed by atoms with Crippen LogP contribution in [0.3, 0.4) is 0 Å². The van der Waals surface area contributed by atoms with Crippen molar-refractivity contribution in [2.75, 3.05) is 19.7 Å². The van der Waals surface area contributed by atoms with E-state index in [-0.39, 0.29) is 12.0 Å². The summed E-state index contributed by atoms with van der Waals surface area (Å²) in [6.45, 7) is 2.25. The van der Waals surface area contributed by atoms with Crippen molar-refractivity contribution in [2.45, 2.75) is 31.0 Å². The molecule has 1 heterocycles. The van der Waals surface area contributed by atoms with Crippen molar-refractivity contribution in [3.63, 3.8) is 0 Å². The van der Waals surface area contributed by atoms with Gasteiger partial charge in [-0.3, -0.25) is 0 Å². The molecule has 0 radical (unpaired) electrons. The summed E-state index contributed by atoms with van der Waals surface area (Å²) in [6.07, 6.45) is -2.67. The molecule has 0 bridgehead atoms. The van der Waals surface area contributed by atoms with Gasteiger partial charge < -0.3 is 10.1 Å². The predicted molar refractivity (Wildman–Crippen MR) is 129 cm³/mol. The van der Waals surface area contributed by atoms with Crippen LogP contribution in [0.5, 0.6) is 0 Å². The molecular formula is C27H24BrF3N2O. The molecule has 1 aliphatic rings. The van der Waals surface area contributed by atoms with E-state index in [0.717, 1.165) is 42.5 Å². The van der Waals surface area contributed by atoms with E-state index in [1.165, 1.54) is 5.56 Å². The average molecular weight is 529 g/mol. The number of nitriles is 1. The SMILES string of the molecule is N#Cc1ccc(-c2cc(COCC3(c4ccc(Br)cc4)CCNCC3)cc(C(F)(F)F)c2)cc1. The van der Waals surface area contributed by atoms with Gasteiger partial charge in [0.1, 0.15) is 0 Å². The average Bonchev–Trinajstić information content (AvgIpc) is 2.84. The fourth-order valence-corrected chi connectivity index (χ4v) is 4.70. The molecule has 1 fully saturated rings. The zero-order valence-electron chi connectivity index (χ0n) is 18.5. The second-order valence-corrected chi connectivity index (χ2v) is 9.55.